The Hall–Kier alpha value is -1.99. The van der Waals surface area contributed by atoms with Crippen molar-refractivity contribution in [1.29, 1.82) is 0 Å². The fourth-order valence-electron chi connectivity index (χ4n) is 1.63. The van der Waals surface area contributed by atoms with Crippen LogP contribution in [0.1, 0.15) is 30.0 Å². The number of carbonyl (C=O) groups is 1. The normalized spacial score (nSPS) is 12.7. The summed E-state index contributed by atoms with van der Waals surface area (Å²) in [4.78, 5) is 10.6. The third-order valence-electron chi connectivity index (χ3n) is 2.61. The van der Waals surface area contributed by atoms with E-state index in [2.05, 4.69) is 5.32 Å². The van der Waals surface area contributed by atoms with Gasteiger partial charge in [-0.1, -0.05) is 12.2 Å². The lowest BCUT2D eigenvalue weighted by atomic mass is 10.0. The van der Waals surface area contributed by atoms with Gasteiger partial charge in [0.25, 0.3) is 0 Å². The molecule has 0 saturated carbocycles. The van der Waals surface area contributed by atoms with E-state index in [1.165, 1.54) is 13.0 Å². The standard InChI is InChI=1S/C14H13F6NO/c1-9(22)21-5-3-2-4-10-6-11(13(15,16)17)8-12(7-10)14(18,19)20/h2,4,6-8H,3,5H2,1H3,(H,21,22). The average molecular weight is 325 g/mol. The summed E-state index contributed by atoms with van der Waals surface area (Å²) >= 11 is 0. The Bertz CT molecular complexity index is 527. The Balaban J connectivity index is 2.99. The van der Waals surface area contributed by atoms with Gasteiger partial charge in [-0.25, -0.2) is 0 Å². The first kappa shape index (κ1) is 18.1. The molecule has 22 heavy (non-hydrogen) atoms. The van der Waals surface area contributed by atoms with Crippen molar-refractivity contribution < 1.29 is 31.1 Å². The van der Waals surface area contributed by atoms with Crippen molar-refractivity contribution in [3.63, 3.8) is 0 Å². The minimum absolute atomic E-state index is 0.0780. The number of rotatable bonds is 4. The zero-order valence-corrected chi connectivity index (χ0v) is 11.5. The van der Waals surface area contributed by atoms with E-state index < -0.39 is 23.5 Å². The summed E-state index contributed by atoms with van der Waals surface area (Å²) in [7, 11) is 0. The van der Waals surface area contributed by atoms with E-state index in [4.69, 9.17) is 0 Å². The molecule has 1 aromatic rings. The molecule has 1 N–H and O–H groups in total. The summed E-state index contributed by atoms with van der Waals surface area (Å²) in [5, 5.41) is 2.45. The zero-order chi connectivity index (χ0) is 17.0. The maximum Gasteiger partial charge on any atom is 0.416 e. The number of amides is 1. The van der Waals surface area contributed by atoms with Gasteiger partial charge in [0, 0.05) is 13.5 Å². The van der Waals surface area contributed by atoms with Crippen molar-refractivity contribution in [3.05, 3.63) is 41.0 Å². The van der Waals surface area contributed by atoms with Crippen LogP contribution in [0.15, 0.2) is 24.3 Å². The minimum atomic E-state index is -4.86. The van der Waals surface area contributed by atoms with Crippen LogP contribution in [-0.4, -0.2) is 12.5 Å². The summed E-state index contributed by atoms with van der Waals surface area (Å²) in [6.45, 7) is 1.54. The number of carbonyl (C=O) groups excluding carboxylic acids is 1. The molecule has 0 atom stereocenters. The van der Waals surface area contributed by atoms with Crippen LogP contribution in [0.3, 0.4) is 0 Å². The molecule has 0 radical (unpaired) electrons. The van der Waals surface area contributed by atoms with Crippen molar-refractivity contribution in [3.8, 4) is 0 Å². The number of halogens is 6. The number of benzene rings is 1. The van der Waals surface area contributed by atoms with Crippen molar-refractivity contribution in [1.82, 2.24) is 5.32 Å². The van der Waals surface area contributed by atoms with Gasteiger partial charge in [0.15, 0.2) is 0 Å². The van der Waals surface area contributed by atoms with Gasteiger partial charge in [-0.2, -0.15) is 26.3 Å². The van der Waals surface area contributed by atoms with E-state index in [9.17, 15) is 31.1 Å². The lowest BCUT2D eigenvalue weighted by Crippen LogP contribution is -2.20. The number of alkyl halides is 6. The van der Waals surface area contributed by atoms with Gasteiger partial charge < -0.3 is 5.32 Å². The molecular formula is C14H13F6NO. The molecule has 0 aliphatic heterocycles. The van der Waals surface area contributed by atoms with E-state index in [1.54, 1.807) is 0 Å². The monoisotopic (exact) mass is 325 g/mol. The fraction of sp³-hybridized carbons (Fsp3) is 0.357. The van der Waals surface area contributed by atoms with Crippen LogP contribution >= 0.6 is 0 Å². The minimum Gasteiger partial charge on any atom is -0.356 e. The summed E-state index contributed by atoms with van der Waals surface area (Å²) < 4.78 is 75.8. The molecule has 2 nitrogen and oxygen atoms in total. The molecule has 0 aliphatic carbocycles. The molecule has 8 heteroatoms. The first-order valence-electron chi connectivity index (χ1n) is 6.20. The number of hydrogen-bond donors (Lipinski definition) is 1. The van der Waals surface area contributed by atoms with E-state index >= 15 is 0 Å². The van der Waals surface area contributed by atoms with E-state index in [0.29, 0.717) is 12.1 Å². The van der Waals surface area contributed by atoms with Crippen LogP contribution in [0.25, 0.3) is 6.08 Å². The summed E-state index contributed by atoms with van der Waals surface area (Å²) in [6, 6.07) is 1.36. The van der Waals surface area contributed by atoms with E-state index in [1.807, 2.05) is 0 Å². The molecule has 0 unspecified atom stereocenters. The maximum absolute atomic E-state index is 12.6. The molecule has 0 aliphatic rings. The number of nitrogens with one attached hydrogen (secondary N) is 1. The second-order valence-electron chi connectivity index (χ2n) is 4.51. The van der Waals surface area contributed by atoms with Crippen molar-refractivity contribution >= 4 is 12.0 Å². The van der Waals surface area contributed by atoms with Gasteiger partial charge in [0.1, 0.15) is 0 Å². The Morgan fingerprint density at radius 3 is 1.95 bits per heavy atom. The second-order valence-corrected chi connectivity index (χ2v) is 4.51. The van der Waals surface area contributed by atoms with Crippen LogP contribution in [-0.2, 0) is 17.1 Å². The summed E-state index contributed by atoms with van der Waals surface area (Å²) in [5.41, 5.74) is -2.92. The van der Waals surface area contributed by atoms with Gasteiger partial charge >= 0.3 is 12.4 Å². The van der Waals surface area contributed by atoms with Gasteiger partial charge in [-0.15, -0.1) is 0 Å². The quantitative estimate of drug-likeness (QED) is 0.650. The molecule has 1 amide bonds. The first-order chi connectivity index (χ1) is 10.00. The fourth-order valence-corrected chi connectivity index (χ4v) is 1.63. The van der Waals surface area contributed by atoms with E-state index in [-0.39, 0.29) is 30.5 Å². The molecule has 0 bridgehead atoms. The highest BCUT2D eigenvalue weighted by molar-refractivity contribution is 5.72. The third-order valence-corrected chi connectivity index (χ3v) is 2.61. The molecule has 0 spiro atoms. The molecule has 0 aromatic heterocycles. The average Bonchev–Trinajstić information content (AvgIpc) is 2.35. The molecule has 122 valence electrons. The van der Waals surface area contributed by atoms with Crippen LogP contribution in [0.4, 0.5) is 26.3 Å². The van der Waals surface area contributed by atoms with Crippen LogP contribution in [0.2, 0.25) is 0 Å². The van der Waals surface area contributed by atoms with Gasteiger partial charge in [0.2, 0.25) is 5.91 Å². The second kappa shape index (κ2) is 6.85. The summed E-state index contributed by atoms with van der Waals surface area (Å²) in [6.07, 6.45) is -6.88. The van der Waals surface area contributed by atoms with Crippen molar-refractivity contribution in [2.75, 3.05) is 6.54 Å². The van der Waals surface area contributed by atoms with Crippen molar-refractivity contribution in [2.24, 2.45) is 0 Å². The van der Waals surface area contributed by atoms with Crippen molar-refractivity contribution in [2.45, 2.75) is 25.7 Å². The third kappa shape index (κ3) is 5.79. The van der Waals surface area contributed by atoms with Gasteiger partial charge in [0.05, 0.1) is 11.1 Å². The molecule has 1 rings (SSSR count). The Morgan fingerprint density at radius 1 is 1.05 bits per heavy atom. The predicted molar refractivity (Wildman–Crippen MR) is 68.8 cm³/mol. The highest BCUT2D eigenvalue weighted by atomic mass is 19.4. The maximum atomic E-state index is 12.6. The Morgan fingerprint density at radius 2 is 1.55 bits per heavy atom. The lowest BCUT2D eigenvalue weighted by Gasteiger charge is -2.12. The van der Waals surface area contributed by atoms with Crippen LogP contribution in [0, 0.1) is 0 Å². The highest BCUT2D eigenvalue weighted by Gasteiger charge is 2.36. The molecular weight excluding hydrogens is 312 g/mol. The molecule has 0 fully saturated rings. The highest BCUT2D eigenvalue weighted by Crippen LogP contribution is 2.36. The van der Waals surface area contributed by atoms with E-state index in [0.717, 1.165) is 6.08 Å². The molecule has 0 heterocycles. The van der Waals surface area contributed by atoms with Gasteiger partial charge in [-0.05, 0) is 30.2 Å². The van der Waals surface area contributed by atoms with Crippen LogP contribution in [0.5, 0.6) is 0 Å². The topological polar surface area (TPSA) is 29.1 Å². The Labute approximate surface area is 122 Å². The SMILES string of the molecule is CC(=O)NCCC=Cc1cc(C(F)(F)F)cc(C(F)(F)F)c1. The summed E-state index contributed by atoms with van der Waals surface area (Å²) in [5.74, 6) is -0.271. The zero-order valence-electron chi connectivity index (χ0n) is 11.5. The van der Waals surface area contributed by atoms with Gasteiger partial charge in [-0.3, -0.25) is 4.79 Å². The first-order valence-corrected chi connectivity index (χ1v) is 6.20. The molecule has 1 aromatic carbocycles. The lowest BCUT2D eigenvalue weighted by molar-refractivity contribution is -0.143. The number of hydrogen-bond acceptors (Lipinski definition) is 1. The molecule has 0 saturated heterocycles. The predicted octanol–water partition coefficient (Wildman–Crippen LogP) is 4.26. The smallest absolute Gasteiger partial charge is 0.356 e. The Kier molecular flexibility index (Phi) is 5.62. The largest absolute Gasteiger partial charge is 0.416 e. The van der Waals surface area contributed by atoms with Crippen LogP contribution < -0.4 is 5.32 Å².